The second-order valence-corrected chi connectivity index (χ2v) is 9.53. The van der Waals surface area contributed by atoms with Gasteiger partial charge in [0.2, 0.25) is 0 Å². The Morgan fingerprint density at radius 3 is 2.43 bits per heavy atom. The van der Waals surface area contributed by atoms with Gasteiger partial charge >= 0.3 is 6.18 Å². The van der Waals surface area contributed by atoms with Gasteiger partial charge in [-0.1, -0.05) is 12.1 Å². The third-order valence-electron chi connectivity index (χ3n) is 3.74. The van der Waals surface area contributed by atoms with Crippen LogP contribution in [0.4, 0.5) is 13.2 Å². The summed E-state index contributed by atoms with van der Waals surface area (Å²) in [5.41, 5.74) is -0.240. The van der Waals surface area contributed by atoms with E-state index in [9.17, 15) is 21.6 Å². The molecular weight excluding hydrogens is 413 g/mol. The van der Waals surface area contributed by atoms with Crippen LogP contribution in [-0.4, -0.2) is 39.8 Å². The molecule has 0 unspecified atom stereocenters. The Hall–Kier alpha value is -2.11. The third-order valence-corrected chi connectivity index (χ3v) is 7.11. The van der Waals surface area contributed by atoms with Crippen LogP contribution in [0.15, 0.2) is 45.6 Å². The second kappa shape index (κ2) is 8.93. The van der Waals surface area contributed by atoms with Crippen LogP contribution in [0.1, 0.15) is 16.0 Å². The highest BCUT2D eigenvalue weighted by Crippen LogP contribution is 2.29. The van der Waals surface area contributed by atoms with Crippen molar-refractivity contribution in [2.24, 2.45) is 4.99 Å². The van der Waals surface area contributed by atoms with E-state index in [-0.39, 0.29) is 10.8 Å². The smallest absolute Gasteiger partial charge is 0.352 e. The molecule has 0 bridgehead atoms. The number of sulfonamides is 1. The Morgan fingerprint density at radius 2 is 1.82 bits per heavy atom. The molecule has 11 heteroatoms. The van der Waals surface area contributed by atoms with Crippen molar-refractivity contribution >= 4 is 27.3 Å². The minimum absolute atomic E-state index is 0.161. The molecule has 2 N–H and O–H groups in total. The molecule has 1 aromatic carbocycles. The van der Waals surface area contributed by atoms with Crippen molar-refractivity contribution in [1.82, 2.24) is 14.9 Å². The number of alkyl halides is 3. The normalized spacial score (nSPS) is 13.0. The zero-order valence-electron chi connectivity index (χ0n) is 15.5. The lowest BCUT2D eigenvalue weighted by atomic mass is 10.1. The quantitative estimate of drug-likeness (QED) is 0.542. The summed E-state index contributed by atoms with van der Waals surface area (Å²) in [5, 5.41) is 5.95. The van der Waals surface area contributed by atoms with Gasteiger partial charge in [0.15, 0.2) is 5.96 Å². The van der Waals surface area contributed by atoms with Gasteiger partial charge in [-0.25, -0.2) is 12.7 Å². The molecule has 0 aliphatic heterocycles. The molecule has 1 heterocycles. The molecule has 0 fully saturated rings. The first-order valence-corrected chi connectivity index (χ1v) is 10.4. The highest BCUT2D eigenvalue weighted by molar-refractivity contribution is 7.91. The van der Waals surface area contributed by atoms with Crippen LogP contribution in [0, 0.1) is 0 Å². The van der Waals surface area contributed by atoms with Gasteiger partial charge in [-0.3, -0.25) is 4.99 Å². The highest BCUT2D eigenvalue weighted by Gasteiger charge is 2.30. The molecule has 0 radical (unpaired) electrons. The molecular formula is C17H21F3N4O2S2. The van der Waals surface area contributed by atoms with Crippen molar-refractivity contribution < 1.29 is 21.6 Å². The Labute approximate surface area is 166 Å². The lowest BCUT2D eigenvalue weighted by Crippen LogP contribution is -2.36. The van der Waals surface area contributed by atoms with Gasteiger partial charge < -0.3 is 10.6 Å². The first kappa shape index (κ1) is 22.2. The monoisotopic (exact) mass is 434 g/mol. The van der Waals surface area contributed by atoms with E-state index in [1.807, 2.05) is 0 Å². The van der Waals surface area contributed by atoms with E-state index in [1.165, 1.54) is 33.3 Å². The molecule has 2 rings (SSSR count). The minimum atomic E-state index is -4.39. The van der Waals surface area contributed by atoms with Gasteiger partial charge in [0.25, 0.3) is 10.0 Å². The van der Waals surface area contributed by atoms with E-state index in [0.717, 1.165) is 32.7 Å². The molecule has 0 aliphatic rings. The highest BCUT2D eigenvalue weighted by atomic mass is 32.2. The van der Waals surface area contributed by atoms with Gasteiger partial charge in [0.05, 0.1) is 12.1 Å². The number of halogens is 3. The average molecular weight is 435 g/mol. The fraction of sp³-hybridized carbons (Fsp3) is 0.353. The summed E-state index contributed by atoms with van der Waals surface area (Å²) in [5.74, 6) is 0.392. The molecule has 6 nitrogen and oxygen atoms in total. The fourth-order valence-electron chi connectivity index (χ4n) is 2.21. The number of hydrogen-bond acceptors (Lipinski definition) is 4. The molecule has 2 aromatic rings. The van der Waals surface area contributed by atoms with E-state index in [0.29, 0.717) is 18.1 Å². The largest absolute Gasteiger partial charge is 0.416 e. The number of nitrogens with zero attached hydrogens (tertiary/aromatic N) is 2. The van der Waals surface area contributed by atoms with Crippen molar-refractivity contribution in [1.29, 1.82) is 0 Å². The summed E-state index contributed by atoms with van der Waals surface area (Å²) in [6.07, 6.45) is -4.39. The molecule has 0 saturated carbocycles. The number of guanidine groups is 1. The summed E-state index contributed by atoms with van der Waals surface area (Å²) in [6, 6.07) is 8.29. The molecule has 154 valence electrons. The Kier molecular flexibility index (Phi) is 7.07. The standard InChI is InChI=1S/C17H21F3N4O2S2/c1-21-16(22-10-12-5-4-6-13(9-12)17(18,19)20)23-11-14-7-8-15(27-14)28(25,26)24(2)3/h4-9H,10-11H2,1-3H3,(H2,21,22,23). The van der Waals surface area contributed by atoms with E-state index in [4.69, 9.17) is 0 Å². The molecule has 28 heavy (non-hydrogen) atoms. The Bertz CT molecular complexity index is 938. The van der Waals surface area contributed by atoms with Crippen molar-refractivity contribution in [3.63, 3.8) is 0 Å². The minimum Gasteiger partial charge on any atom is -0.352 e. The first-order valence-electron chi connectivity index (χ1n) is 8.16. The van der Waals surface area contributed by atoms with Crippen LogP contribution in [0.3, 0.4) is 0 Å². The number of aliphatic imine (C=N–C) groups is 1. The van der Waals surface area contributed by atoms with Crippen LogP contribution in [0.5, 0.6) is 0 Å². The molecule has 0 spiro atoms. The molecule has 1 aromatic heterocycles. The predicted octanol–water partition coefficient (Wildman–Crippen LogP) is 2.88. The average Bonchev–Trinajstić information content (AvgIpc) is 3.11. The van der Waals surface area contributed by atoms with Crippen LogP contribution < -0.4 is 10.6 Å². The van der Waals surface area contributed by atoms with Gasteiger partial charge in [0, 0.05) is 32.6 Å². The van der Waals surface area contributed by atoms with Crippen molar-refractivity contribution in [3.05, 3.63) is 52.4 Å². The van der Waals surface area contributed by atoms with Gasteiger partial charge in [-0.15, -0.1) is 11.3 Å². The summed E-state index contributed by atoms with van der Waals surface area (Å²) in [4.78, 5) is 4.80. The van der Waals surface area contributed by atoms with E-state index in [1.54, 1.807) is 12.1 Å². The number of nitrogens with one attached hydrogen (secondary N) is 2. The maximum absolute atomic E-state index is 12.8. The van der Waals surface area contributed by atoms with E-state index >= 15 is 0 Å². The first-order chi connectivity index (χ1) is 13.0. The van der Waals surface area contributed by atoms with Crippen LogP contribution in [-0.2, 0) is 29.3 Å². The van der Waals surface area contributed by atoms with Gasteiger partial charge in [-0.05, 0) is 29.8 Å². The summed E-state index contributed by atoms with van der Waals surface area (Å²) in [6.45, 7) is 0.490. The molecule has 0 amide bonds. The number of thiophene rings is 1. The maximum atomic E-state index is 12.8. The fourth-order valence-corrected chi connectivity index (χ4v) is 4.67. The predicted molar refractivity (Wildman–Crippen MR) is 104 cm³/mol. The Morgan fingerprint density at radius 1 is 1.14 bits per heavy atom. The van der Waals surface area contributed by atoms with Gasteiger partial charge in [0.1, 0.15) is 4.21 Å². The topological polar surface area (TPSA) is 73.8 Å². The van der Waals surface area contributed by atoms with Crippen LogP contribution in [0.2, 0.25) is 0 Å². The number of rotatable bonds is 6. The number of benzene rings is 1. The number of hydrogen-bond donors (Lipinski definition) is 2. The summed E-state index contributed by atoms with van der Waals surface area (Å²) >= 11 is 1.14. The zero-order chi connectivity index (χ0) is 20.9. The Balaban J connectivity index is 1.95. The van der Waals surface area contributed by atoms with E-state index < -0.39 is 21.8 Å². The van der Waals surface area contributed by atoms with Crippen molar-refractivity contribution in [2.75, 3.05) is 21.1 Å². The van der Waals surface area contributed by atoms with Gasteiger partial charge in [-0.2, -0.15) is 13.2 Å². The molecule has 0 aliphatic carbocycles. The van der Waals surface area contributed by atoms with Crippen LogP contribution in [0.25, 0.3) is 0 Å². The lowest BCUT2D eigenvalue weighted by Gasteiger charge is -2.13. The molecule has 0 atom stereocenters. The maximum Gasteiger partial charge on any atom is 0.416 e. The third kappa shape index (κ3) is 5.69. The zero-order valence-corrected chi connectivity index (χ0v) is 17.2. The van der Waals surface area contributed by atoms with Crippen molar-refractivity contribution in [3.8, 4) is 0 Å². The van der Waals surface area contributed by atoms with E-state index in [2.05, 4.69) is 15.6 Å². The molecule has 0 saturated heterocycles. The summed E-state index contributed by atoms with van der Waals surface area (Å²) in [7, 11) is 0.993. The van der Waals surface area contributed by atoms with Crippen LogP contribution >= 0.6 is 11.3 Å². The second-order valence-electron chi connectivity index (χ2n) is 5.99. The summed E-state index contributed by atoms with van der Waals surface area (Å²) < 4.78 is 63.9. The van der Waals surface area contributed by atoms with Crippen molar-refractivity contribution in [2.45, 2.75) is 23.5 Å². The lowest BCUT2D eigenvalue weighted by molar-refractivity contribution is -0.137. The SMILES string of the molecule is CN=C(NCc1cccc(C(F)(F)F)c1)NCc1ccc(S(=O)(=O)N(C)C)s1.